The van der Waals surface area contributed by atoms with Gasteiger partial charge >= 0.3 is 0 Å². The van der Waals surface area contributed by atoms with Crippen LogP contribution in [0.1, 0.15) is 29.6 Å². The van der Waals surface area contributed by atoms with Gasteiger partial charge in [-0.15, -0.1) is 0 Å². The van der Waals surface area contributed by atoms with Gasteiger partial charge in [0.25, 0.3) is 5.91 Å². The van der Waals surface area contributed by atoms with E-state index in [1.807, 2.05) is 0 Å². The third-order valence-corrected chi connectivity index (χ3v) is 4.62. The van der Waals surface area contributed by atoms with E-state index >= 15 is 0 Å². The third kappa shape index (κ3) is 2.64. The zero-order valence-corrected chi connectivity index (χ0v) is 11.6. The smallest absolute Gasteiger partial charge is 0.254 e. The fourth-order valence-electron chi connectivity index (χ4n) is 3.34. The van der Waals surface area contributed by atoms with Crippen LogP contribution in [-0.4, -0.2) is 37.0 Å². The molecule has 0 atom stereocenters. The molecule has 0 aromatic heterocycles. The normalized spacial score (nSPS) is 21.0. The Kier molecular flexibility index (Phi) is 3.65. The van der Waals surface area contributed by atoms with E-state index < -0.39 is 23.4 Å². The van der Waals surface area contributed by atoms with Crippen LogP contribution in [0, 0.1) is 22.9 Å². The SMILES string of the molecule is O=C(c1cc(F)c(F)c(F)c1)N1CCC2(CCNCC2)C1. The van der Waals surface area contributed by atoms with Crippen LogP contribution in [-0.2, 0) is 0 Å². The van der Waals surface area contributed by atoms with Gasteiger partial charge in [0.1, 0.15) is 0 Å². The zero-order chi connectivity index (χ0) is 15.0. The molecule has 0 bridgehead atoms. The minimum absolute atomic E-state index is 0.123. The monoisotopic (exact) mass is 298 g/mol. The third-order valence-electron chi connectivity index (χ3n) is 4.62. The molecule has 2 fully saturated rings. The quantitative estimate of drug-likeness (QED) is 0.807. The van der Waals surface area contributed by atoms with Gasteiger partial charge in [-0.05, 0) is 49.9 Å². The van der Waals surface area contributed by atoms with E-state index in [-0.39, 0.29) is 11.0 Å². The number of likely N-dealkylation sites (tertiary alicyclic amines) is 1. The van der Waals surface area contributed by atoms with Crippen molar-refractivity contribution in [3.8, 4) is 0 Å². The van der Waals surface area contributed by atoms with Crippen LogP contribution in [0.15, 0.2) is 12.1 Å². The molecule has 6 heteroatoms. The lowest BCUT2D eigenvalue weighted by molar-refractivity contribution is 0.0760. The Labute approximate surface area is 121 Å². The van der Waals surface area contributed by atoms with Crippen molar-refractivity contribution in [3.63, 3.8) is 0 Å². The summed E-state index contributed by atoms with van der Waals surface area (Å²) in [4.78, 5) is 14.0. The highest BCUT2D eigenvalue weighted by Crippen LogP contribution is 2.39. The van der Waals surface area contributed by atoms with Crippen molar-refractivity contribution in [2.24, 2.45) is 5.41 Å². The van der Waals surface area contributed by atoms with Gasteiger partial charge in [-0.1, -0.05) is 0 Å². The maximum Gasteiger partial charge on any atom is 0.254 e. The summed E-state index contributed by atoms with van der Waals surface area (Å²) in [7, 11) is 0. The molecular formula is C15H17F3N2O. The van der Waals surface area contributed by atoms with Gasteiger partial charge in [0.2, 0.25) is 0 Å². The Hall–Kier alpha value is -1.56. The van der Waals surface area contributed by atoms with Crippen molar-refractivity contribution in [1.82, 2.24) is 10.2 Å². The Morgan fingerprint density at radius 3 is 2.33 bits per heavy atom. The molecule has 2 aliphatic rings. The number of carbonyl (C=O) groups excluding carboxylic acids is 1. The lowest BCUT2D eigenvalue weighted by Gasteiger charge is -2.33. The molecule has 3 rings (SSSR count). The molecule has 0 aliphatic carbocycles. The summed E-state index contributed by atoms with van der Waals surface area (Å²) in [6.07, 6.45) is 2.92. The van der Waals surface area contributed by atoms with Crippen LogP contribution in [0.3, 0.4) is 0 Å². The van der Waals surface area contributed by atoms with Crippen molar-refractivity contribution < 1.29 is 18.0 Å². The Morgan fingerprint density at radius 2 is 1.71 bits per heavy atom. The second-order valence-corrected chi connectivity index (χ2v) is 5.98. The molecule has 114 valence electrons. The average molecular weight is 298 g/mol. The van der Waals surface area contributed by atoms with Crippen LogP contribution in [0.5, 0.6) is 0 Å². The summed E-state index contributed by atoms with van der Waals surface area (Å²) in [5.41, 5.74) is -0.00438. The maximum atomic E-state index is 13.2. The van der Waals surface area contributed by atoms with Gasteiger partial charge in [0.15, 0.2) is 17.5 Å². The number of piperidine rings is 1. The zero-order valence-electron chi connectivity index (χ0n) is 11.6. The number of amides is 1. The van der Waals surface area contributed by atoms with Crippen LogP contribution < -0.4 is 5.32 Å². The van der Waals surface area contributed by atoms with E-state index in [9.17, 15) is 18.0 Å². The standard InChI is InChI=1S/C15H17F3N2O/c16-11-7-10(8-12(17)13(11)18)14(21)20-6-3-15(9-20)1-4-19-5-2-15/h7-8,19H,1-6,9H2. The van der Waals surface area contributed by atoms with E-state index in [0.29, 0.717) is 13.1 Å². The summed E-state index contributed by atoms with van der Waals surface area (Å²) in [6, 6.07) is 1.54. The number of nitrogens with zero attached hydrogens (tertiary/aromatic N) is 1. The van der Waals surface area contributed by atoms with E-state index in [1.54, 1.807) is 4.90 Å². The number of halogens is 3. The molecular weight excluding hydrogens is 281 g/mol. The first-order valence-corrected chi connectivity index (χ1v) is 7.15. The first kappa shape index (κ1) is 14.4. The maximum absolute atomic E-state index is 13.2. The summed E-state index contributed by atoms with van der Waals surface area (Å²) in [5.74, 6) is -4.62. The van der Waals surface area contributed by atoms with Crippen molar-refractivity contribution in [2.75, 3.05) is 26.2 Å². The molecule has 21 heavy (non-hydrogen) atoms. The molecule has 1 amide bonds. The average Bonchev–Trinajstić information content (AvgIpc) is 2.88. The minimum Gasteiger partial charge on any atom is -0.338 e. The Balaban J connectivity index is 1.77. The van der Waals surface area contributed by atoms with Crippen LogP contribution in [0.2, 0.25) is 0 Å². The Bertz CT molecular complexity index is 547. The molecule has 2 aliphatic heterocycles. The molecule has 1 aromatic rings. The summed E-state index contributed by atoms with van der Waals surface area (Å²) >= 11 is 0. The lowest BCUT2D eigenvalue weighted by atomic mass is 9.78. The number of hydrogen-bond acceptors (Lipinski definition) is 2. The van der Waals surface area contributed by atoms with Crippen LogP contribution >= 0.6 is 0 Å². The van der Waals surface area contributed by atoms with E-state index in [0.717, 1.165) is 44.5 Å². The number of nitrogens with one attached hydrogen (secondary N) is 1. The van der Waals surface area contributed by atoms with Gasteiger partial charge in [-0.2, -0.15) is 0 Å². The van der Waals surface area contributed by atoms with Gasteiger partial charge < -0.3 is 10.2 Å². The summed E-state index contributed by atoms with van der Waals surface area (Å²) in [5, 5.41) is 3.29. The molecule has 0 radical (unpaired) electrons. The molecule has 2 heterocycles. The first-order chi connectivity index (χ1) is 10.0. The number of rotatable bonds is 1. The second-order valence-electron chi connectivity index (χ2n) is 5.98. The lowest BCUT2D eigenvalue weighted by Crippen LogP contribution is -2.39. The predicted octanol–water partition coefficient (Wildman–Crippen LogP) is 2.32. The fraction of sp³-hybridized carbons (Fsp3) is 0.533. The molecule has 0 saturated carbocycles. The van der Waals surface area contributed by atoms with Crippen LogP contribution in [0.25, 0.3) is 0 Å². The molecule has 0 unspecified atom stereocenters. The molecule has 2 saturated heterocycles. The molecule has 1 N–H and O–H groups in total. The molecule has 3 nitrogen and oxygen atoms in total. The van der Waals surface area contributed by atoms with E-state index in [4.69, 9.17) is 0 Å². The van der Waals surface area contributed by atoms with Crippen molar-refractivity contribution in [3.05, 3.63) is 35.1 Å². The van der Waals surface area contributed by atoms with Crippen molar-refractivity contribution in [2.45, 2.75) is 19.3 Å². The predicted molar refractivity (Wildman–Crippen MR) is 71.4 cm³/mol. The number of hydrogen-bond donors (Lipinski definition) is 1. The van der Waals surface area contributed by atoms with Crippen molar-refractivity contribution >= 4 is 5.91 Å². The highest BCUT2D eigenvalue weighted by molar-refractivity contribution is 5.94. The van der Waals surface area contributed by atoms with Gasteiger partial charge in [0.05, 0.1) is 0 Å². The number of carbonyl (C=O) groups is 1. The summed E-state index contributed by atoms with van der Waals surface area (Å²) in [6.45, 7) is 3.05. The molecule has 1 aromatic carbocycles. The van der Waals surface area contributed by atoms with E-state index in [1.165, 1.54) is 0 Å². The molecule has 1 spiro atoms. The highest BCUT2D eigenvalue weighted by Gasteiger charge is 2.40. The van der Waals surface area contributed by atoms with Gasteiger partial charge in [0, 0.05) is 18.7 Å². The van der Waals surface area contributed by atoms with Gasteiger partial charge in [-0.25, -0.2) is 13.2 Å². The van der Waals surface area contributed by atoms with Crippen molar-refractivity contribution in [1.29, 1.82) is 0 Å². The topological polar surface area (TPSA) is 32.3 Å². The van der Waals surface area contributed by atoms with Gasteiger partial charge in [-0.3, -0.25) is 4.79 Å². The first-order valence-electron chi connectivity index (χ1n) is 7.15. The summed E-state index contributed by atoms with van der Waals surface area (Å²) < 4.78 is 39.4. The highest BCUT2D eigenvalue weighted by atomic mass is 19.2. The fourth-order valence-corrected chi connectivity index (χ4v) is 3.34. The second kappa shape index (κ2) is 5.33. The van der Waals surface area contributed by atoms with E-state index in [2.05, 4.69) is 5.32 Å². The largest absolute Gasteiger partial charge is 0.338 e. The number of benzene rings is 1. The Morgan fingerprint density at radius 1 is 1.10 bits per heavy atom. The van der Waals surface area contributed by atoms with Crippen LogP contribution in [0.4, 0.5) is 13.2 Å². The minimum atomic E-state index is -1.54.